The third-order valence-corrected chi connectivity index (χ3v) is 8.40. The molecule has 3 aliphatic heterocycles. The van der Waals surface area contributed by atoms with E-state index in [0.717, 1.165) is 54.1 Å². The fourth-order valence-corrected chi connectivity index (χ4v) is 6.57. The van der Waals surface area contributed by atoms with Gasteiger partial charge >= 0.3 is 6.18 Å². The van der Waals surface area contributed by atoms with Crippen molar-refractivity contribution in [1.29, 1.82) is 0 Å². The van der Waals surface area contributed by atoms with Gasteiger partial charge in [-0.3, -0.25) is 0 Å². The number of hydrogen-bond donors (Lipinski definition) is 0. The van der Waals surface area contributed by atoms with Gasteiger partial charge in [0, 0.05) is 22.4 Å². The van der Waals surface area contributed by atoms with E-state index >= 15 is 0 Å². The van der Waals surface area contributed by atoms with E-state index in [2.05, 4.69) is 20.8 Å². The molecule has 0 saturated carbocycles. The maximum Gasteiger partial charge on any atom is 0.416 e. The van der Waals surface area contributed by atoms with E-state index in [9.17, 15) is 13.2 Å². The van der Waals surface area contributed by atoms with Gasteiger partial charge in [0.05, 0.1) is 16.9 Å². The molecule has 0 unspecified atom stereocenters. The predicted octanol–water partition coefficient (Wildman–Crippen LogP) is 6.65. The summed E-state index contributed by atoms with van der Waals surface area (Å²) in [5.41, 5.74) is 1.11. The Morgan fingerprint density at radius 1 is 0.818 bits per heavy atom. The lowest BCUT2D eigenvalue weighted by molar-refractivity contribution is -0.137. The van der Waals surface area contributed by atoms with E-state index in [4.69, 9.17) is 0 Å². The van der Waals surface area contributed by atoms with Crippen LogP contribution in [0.25, 0.3) is 0 Å². The van der Waals surface area contributed by atoms with Crippen LogP contribution in [-0.2, 0) is 6.18 Å². The van der Waals surface area contributed by atoms with Crippen molar-refractivity contribution in [3.8, 4) is 0 Å². The number of likely N-dealkylation sites (tertiary alicyclic amines) is 2. The number of alkyl halides is 3. The van der Waals surface area contributed by atoms with Crippen LogP contribution in [0.4, 0.5) is 24.5 Å². The molecule has 0 bridgehead atoms. The van der Waals surface area contributed by atoms with Crippen LogP contribution in [0.2, 0.25) is 0 Å². The average molecular weight is 476 g/mol. The Kier molecular flexibility index (Phi) is 6.91. The third-order valence-electron chi connectivity index (χ3n) is 7.27. The van der Waals surface area contributed by atoms with Gasteiger partial charge in [0.1, 0.15) is 0 Å². The van der Waals surface area contributed by atoms with Gasteiger partial charge in [-0.2, -0.15) is 13.2 Å². The predicted molar refractivity (Wildman–Crippen MR) is 129 cm³/mol. The quantitative estimate of drug-likeness (QED) is 0.479. The summed E-state index contributed by atoms with van der Waals surface area (Å²) >= 11 is 1.56. The zero-order valence-electron chi connectivity index (χ0n) is 19.0. The Morgan fingerprint density at radius 2 is 1.55 bits per heavy atom. The standard InChI is InChI=1S/C26H32F3N3S/c27-26(28,29)20-9-10-25-23(19-20)32(22-7-2-3-8-24(22)33-25)16-6-13-30-17-11-21(12-18-30)31-14-4-1-5-15-31/h2-3,7-10,19,21H,1,4-6,11-18H2. The lowest BCUT2D eigenvalue weighted by Crippen LogP contribution is -2.47. The molecule has 3 heterocycles. The smallest absolute Gasteiger partial charge is 0.340 e. The highest BCUT2D eigenvalue weighted by atomic mass is 32.2. The lowest BCUT2D eigenvalue weighted by atomic mass is 10.00. The van der Waals surface area contributed by atoms with E-state index in [1.54, 1.807) is 17.8 Å². The summed E-state index contributed by atoms with van der Waals surface area (Å²) < 4.78 is 40.2. The SMILES string of the molecule is FC(F)(F)c1ccc2c(c1)N(CCCN1CCC(N3CCCCC3)CC1)c1ccccc1S2. The van der Waals surface area contributed by atoms with Crippen molar-refractivity contribution in [2.24, 2.45) is 0 Å². The van der Waals surface area contributed by atoms with Crippen LogP contribution in [0.15, 0.2) is 52.3 Å². The van der Waals surface area contributed by atoms with E-state index in [-0.39, 0.29) is 0 Å². The molecule has 3 aliphatic rings. The van der Waals surface area contributed by atoms with Gasteiger partial charge in [0.15, 0.2) is 0 Å². The maximum absolute atomic E-state index is 13.4. The zero-order chi connectivity index (χ0) is 22.8. The molecule has 0 aromatic heterocycles. The summed E-state index contributed by atoms with van der Waals surface area (Å²) in [5, 5.41) is 0. The lowest BCUT2D eigenvalue weighted by Gasteiger charge is -2.40. The minimum atomic E-state index is -4.33. The fraction of sp³-hybridized carbons (Fsp3) is 0.538. The molecule has 0 amide bonds. The van der Waals surface area contributed by atoms with Crippen LogP contribution in [0.5, 0.6) is 0 Å². The van der Waals surface area contributed by atoms with Crippen molar-refractivity contribution in [1.82, 2.24) is 9.80 Å². The van der Waals surface area contributed by atoms with Crippen molar-refractivity contribution in [3.05, 3.63) is 48.0 Å². The molecule has 33 heavy (non-hydrogen) atoms. The van der Waals surface area contributed by atoms with Crippen molar-refractivity contribution < 1.29 is 13.2 Å². The molecule has 0 atom stereocenters. The highest BCUT2D eigenvalue weighted by molar-refractivity contribution is 7.99. The largest absolute Gasteiger partial charge is 0.416 e. The number of benzene rings is 2. The van der Waals surface area contributed by atoms with E-state index in [0.29, 0.717) is 5.69 Å². The van der Waals surface area contributed by atoms with E-state index in [1.807, 2.05) is 18.2 Å². The highest BCUT2D eigenvalue weighted by Crippen LogP contribution is 2.49. The molecule has 2 saturated heterocycles. The number of piperidine rings is 2. The molecule has 0 N–H and O–H groups in total. The zero-order valence-corrected chi connectivity index (χ0v) is 19.8. The summed E-state index contributed by atoms with van der Waals surface area (Å²) in [5.74, 6) is 0. The summed E-state index contributed by atoms with van der Waals surface area (Å²) in [6.45, 7) is 6.49. The molecule has 3 nitrogen and oxygen atoms in total. The van der Waals surface area contributed by atoms with Gasteiger partial charge in [-0.05, 0) is 95.2 Å². The normalized spacial score (nSPS) is 20.5. The topological polar surface area (TPSA) is 9.72 Å². The van der Waals surface area contributed by atoms with Gasteiger partial charge < -0.3 is 14.7 Å². The molecular weight excluding hydrogens is 443 g/mol. The number of hydrogen-bond acceptors (Lipinski definition) is 4. The first kappa shape index (κ1) is 23.1. The molecule has 2 aromatic rings. The Labute approximate surface area is 198 Å². The van der Waals surface area contributed by atoms with E-state index < -0.39 is 11.7 Å². The molecule has 2 aromatic carbocycles. The second-order valence-electron chi connectivity index (χ2n) is 9.42. The summed E-state index contributed by atoms with van der Waals surface area (Å²) in [7, 11) is 0. The second-order valence-corrected chi connectivity index (χ2v) is 10.5. The van der Waals surface area contributed by atoms with Crippen LogP contribution in [0.1, 0.15) is 44.1 Å². The fourth-order valence-electron chi connectivity index (χ4n) is 5.49. The van der Waals surface area contributed by atoms with Crippen molar-refractivity contribution >= 4 is 23.1 Å². The van der Waals surface area contributed by atoms with Gasteiger partial charge in [0.25, 0.3) is 0 Å². The first-order valence-corrected chi connectivity index (χ1v) is 13.0. The first-order chi connectivity index (χ1) is 16.0. The Hall–Kier alpha value is -1.70. The molecule has 0 spiro atoms. The molecule has 7 heteroatoms. The van der Waals surface area contributed by atoms with Crippen LogP contribution in [0, 0.1) is 0 Å². The second kappa shape index (κ2) is 9.88. The van der Waals surface area contributed by atoms with E-state index in [1.165, 1.54) is 57.3 Å². The molecular formula is C26H32F3N3S. The van der Waals surface area contributed by atoms with Crippen LogP contribution >= 0.6 is 11.8 Å². The van der Waals surface area contributed by atoms with Crippen LogP contribution in [-0.4, -0.2) is 55.1 Å². The maximum atomic E-state index is 13.4. The monoisotopic (exact) mass is 475 g/mol. The number of rotatable bonds is 5. The number of anilines is 2. The number of nitrogens with zero attached hydrogens (tertiary/aromatic N) is 3. The number of para-hydroxylation sites is 1. The molecule has 0 radical (unpaired) electrons. The number of fused-ring (bicyclic) bond motifs is 2. The minimum absolute atomic E-state index is 0.578. The van der Waals surface area contributed by atoms with Crippen molar-refractivity contribution in [2.75, 3.05) is 44.2 Å². The van der Waals surface area contributed by atoms with Gasteiger partial charge in [-0.25, -0.2) is 0 Å². The van der Waals surface area contributed by atoms with Crippen LogP contribution in [0.3, 0.4) is 0 Å². The average Bonchev–Trinajstić information content (AvgIpc) is 2.83. The number of halogens is 3. The van der Waals surface area contributed by atoms with Crippen molar-refractivity contribution in [2.45, 2.75) is 60.5 Å². The Morgan fingerprint density at radius 3 is 2.30 bits per heavy atom. The van der Waals surface area contributed by atoms with Crippen molar-refractivity contribution in [3.63, 3.8) is 0 Å². The highest BCUT2D eigenvalue weighted by Gasteiger charge is 2.33. The third kappa shape index (κ3) is 5.20. The molecule has 5 rings (SSSR count). The van der Waals surface area contributed by atoms with Gasteiger partial charge in [-0.15, -0.1) is 0 Å². The van der Waals surface area contributed by atoms with Gasteiger partial charge in [0.2, 0.25) is 0 Å². The Balaban J connectivity index is 1.23. The molecule has 2 fully saturated rings. The molecule has 0 aliphatic carbocycles. The summed E-state index contributed by atoms with van der Waals surface area (Å²) in [6, 6.07) is 12.9. The summed E-state index contributed by atoms with van der Waals surface area (Å²) in [6.07, 6.45) is 3.13. The van der Waals surface area contributed by atoms with Gasteiger partial charge in [-0.1, -0.05) is 30.3 Å². The minimum Gasteiger partial charge on any atom is -0.340 e. The summed E-state index contributed by atoms with van der Waals surface area (Å²) in [4.78, 5) is 9.32. The van der Waals surface area contributed by atoms with Crippen LogP contribution < -0.4 is 4.90 Å². The first-order valence-electron chi connectivity index (χ1n) is 12.2. The molecule has 178 valence electrons. The Bertz CT molecular complexity index is 950.